The van der Waals surface area contributed by atoms with Gasteiger partial charge in [0, 0.05) is 10.7 Å². The monoisotopic (exact) mass is 256 g/mol. The number of benzene rings is 1. The van der Waals surface area contributed by atoms with Gasteiger partial charge in [0.25, 0.3) is 9.05 Å². The maximum Gasteiger partial charge on any atom is 0.387 e. The molecule has 0 aliphatic carbocycles. The first-order chi connectivity index (χ1) is 6.80. The Morgan fingerprint density at radius 1 is 1.40 bits per heavy atom. The molecule has 1 aromatic carbocycles. The van der Waals surface area contributed by atoms with Crippen LogP contribution in [0.3, 0.4) is 0 Å². The summed E-state index contributed by atoms with van der Waals surface area (Å²) in [6, 6.07) is 3.41. The van der Waals surface area contributed by atoms with Crippen molar-refractivity contribution < 1.29 is 21.9 Å². The lowest BCUT2D eigenvalue weighted by Crippen LogP contribution is -2.03. The summed E-state index contributed by atoms with van der Waals surface area (Å²) in [5, 5.41) is 0. The van der Waals surface area contributed by atoms with Gasteiger partial charge in [-0.15, -0.1) is 0 Å². The molecule has 0 fully saturated rings. The van der Waals surface area contributed by atoms with E-state index in [0.29, 0.717) is 0 Å². The van der Waals surface area contributed by atoms with Crippen molar-refractivity contribution in [2.45, 2.75) is 18.4 Å². The Bertz CT molecular complexity index is 459. The molecule has 15 heavy (non-hydrogen) atoms. The number of aryl methyl sites for hydroxylation is 1. The van der Waals surface area contributed by atoms with Crippen LogP contribution in [0.5, 0.6) is 5.75 Å². The predicted molar refractivity (Wildman–Crippen MR) is 50.8 cm³/mol. The molecule has 1 aromatic rings. The van der Waals surface area contributed by atoms with Gasteiger partial charge in [0.2, 0.25) is 0 Å². The van der Waals surface area contributed by atoms with Gasteiger partial charge in [-0.25, -0.2) is 8.42 Å². The molecule has 0 saturated carbocycles. The molecule has 0 spiro atoms. The normalized spacial score (nSPS) is 11.8. The van der Waals surface area contributed by atoms with Crippen molar-refractivity contribution in [3.63, 3.8) is 0 Å². The Hall–Kier alpha value is -0.880. The summed E-state index contributed by atoms with van der Waals surface area (Å²) in [5.41, 5.74) is 0.275. The summed E-state index contributed by atoms with van der Waals surface area (Å²) in [6.45, 7) is -1.49. The zero-order valence-corrected chi connectivity index (χ0v) is 9.15. The molecule has 0 saturated heterocycles. The Kier molecular flexibility index (Phi) is 3.51. The number of hydrogen-bond acceptors (Lipinski definition) is 3. The van der Waals surface area contributed by atoms with Crippen LogP contribution in [-0.2, 0) is 9.05 Å². The topological polar surface area (TPSA) is 43.4 Å². The first kappa shape index (κ1) is 12.2. The molecular formula is C8H7ClF2O3S. The lowest BCUT2D eigenvalue weighted by atomic mass is 10.2. The van der Waals surface area contributed by atoms with E-state index in [4.69, 9.17) is 10.7 Å². The molecule has 1 rings (SSSR count). The molecule has 3 nitrogen and oxygen atoms in total. The first-order valence-electron chi connectivity index (χ1n) is 3.81. The van der Waals surface area contributed by atoms with Gasteiger partial charge < -0.3 is 4.74 Å². The fourth-order valence-corrected chi connectivity index (χ4v) is 1.84. The van der Waals surface area contributed by atoms with Crippen molar-refractivity contribution in [1.82, 2.24) is 0 Å². The molecule has 0 N–H and O–H groups in total. The third-order valence-electron chi connectivity index (χ3n) is 1.64. The third-order valence-corrected chi connectivity index (χ3v) is 3.00. The van der Waals surface area contributed by atoms with Crippen LogP contribution in [-0.4, -0.2) is 15.0 Å². The van der Waals surface area contributed by atoms with E-state index in [1.54, 1.807) is 0 Å². The largest absolute Gasteiger partial charge is 0.435 e. The predicted octanol–water partition coefficient (Wildman–Crippen LogP) is 2.52. The quantitative estimate of drug-likeness (QED) is 0.781. The zero-order valence-electron chi connectivity index (χ0n) is 7.58. The zero-order chi connectivity index (χ0) is 11.6. The van der Waals surface area contributed by atoms with Crippen LogP contribution in [0, 0.1) is 6.92 Å². The molecule has 0 aliphatic rings. The van der Waals surface area contributed by atoms with Crippen LogP contribution in [0.2, 0.25) is 0 Å². The minimum Gasteiger partial charge on any atom is -0.435 e. The van der Waals surface area contributed by atoms with Crippen molar-refractivity contribution in [3.8, 4) is 5.75 Å². The van der Waals surface area contributed by atoms with Gasteiger partial charge in [-0.2, -0.15) is 8.78 Å². The highest BCUT2D eigenvalue weighted by Gasteiger charge is 2.13. The lowest BCUT2D eigenvalue weighted by Gasteiger charge is -2.08. The smallest absolute Gasteiger partial charge is 0.387 e. The van der Waals surface area contributed by atoms with E-state index in [2.05, 4.69) is 4.74 Å². The van der Waals surface area contributed by atoms with Gasteiger partial charge in [-0.3, -0.25) is 0 Å². The average Bonchev–Trinajstić information content (AvgIpc) is 2.05. The second-order valence-corrected chi connectivity index (χ2v) is 5.31. The summed E-state index contributed by atoms with van der Waals surface area (Å²) >= 11 is 0. The molecule has 7 heteroatoms. The maximum absolute atomic E-state index is 11.9. The van der Waals surface area contributed by atoms with Crippen molar-refractivity contribution in [2.75, 3.05) is 0 Å². The van der Waals surface area contributed by atoms with E-state index < -0.39 is 15.7 Å². The highest BCUT2D eigenvalue weighted by atomic mass is 35.7. The minimum absolute atomic E-state index is 0.0749. The Labute approximate surface area is 90.0 Å². The molecule has 0 aliphatic heterocycles. The van der Waals surface area contributed by atoms with Crippen LogP contribution in [0.25, 0.3) is 0 Å². The molecule has 0 atom stereocenters. The van der Waals surface area contributed by atoms with Crippen molar-refractivity contribution in [3.05, 3.63) is 23.8 Å². The van der Waals surface area contributed by atoms with Gasteiger partial charge in [0.05, 0.1) is 4.90 Å². The first-order valence-corrected chi connectivity index (χ1v) is 6.12. The number of ether oxygens (including phenoxy) is 1. The molecule has 0 heterocycles. The number of hydrogen-bond donors (Lipinski definition) is 0. The van der Waals surface area contributed by atoms with Crippen LogP contribution >= 0.6 is 10.7 Å². The van der Waals surface area contributed by atoms with Gasteiger partial charge in [-0.05, 0) is 30.7 Å². The fourth-order valence-electron chi connectivity index (χ4n) is 1.00. The number of halogens is 3. The summed E-state index contributed by atoms with van der Waals surface area (Å²) in [6.07, 6.45) is 0. The van der Waals surface area contributed by atoms with Gasteiger partial charge in [0.15, 0.2) is 0 Å². The maximum atomic E-state index is 11.9. The highest BCUT2D eigenvalue weighted by molar-refractivity contribution is 8.13. The highest BCUT2D eigenvalue weighted by Crippen LogP contribution is 2.24. The van der Waals surface area contributed by atoms with Crippen molar-refractivity contribution in [2.24, 2.45) is 0 Å². The van der Waals surface area contributed by atoms with Crippen LogP contribution in [0.4, 0.5) is 8.78 Å². The van der Waals surface area contributed by atoms with Gasteiger partial charge >= 0.3 is 6.61 Å². The molecule has 0 unspecified atom stereocenters. The van der Waals surface area contributed by atoms with E-state index in [0.717, 1.165) is 12.1 Å². The number of alkyl halides is 2. The molecular weight excluding hydrogens is 250 g/mol. The molecule has 0 amide bonds. The fraction of sp³-hybridized carbons (Fsp3) is 0.250. The van der Waals surface area contributed by atoms with Crippen LogP contribution < -0.4 is 4.74 Å². The van der Waals surface area contributed by atoms with E-state index in [1.165, 1.54) is 13.0 Å². The number of rotatable bonds is 3. The second kappa shape index (κ2) is 4.32. The average molecular weight is 257 g/mol. The van der Waals surface area contributed by atoms with Gasteiger partial charge in [0.1, 0.15) is 5.75 Å². The van der Waals surface area contributed by atoms with E-state index in [9.17, 15) is 17.2 Å². The summed E-state index contributed by atoms with van der Waals surface area (Å²) in [7, 11) is 1.23. The third kappa shape index (κ3) is 3.32. The standard InChI is InChI=1S/C8H7ClF2O3S/c1-5-4-6(15(9,12)13)2-3-7(5)14-8(10)11/h2-4,8H,1H3. The Balaban J connectivity index is 3.09. The van der Waals surface area contributed by atoms with E-state index in [1.807, 2.05) is 0 Å². The van der Waals surface area contributed by atoms with Gasteiger partial charge in [-0.1, -0.05) is 0 Å². The molecule has 0 radical (unpaired) electrons. The van der Waals surface area contributed by atoms with Crippen LogP contribution in [0.15, 0.2) is 23.1 Å². The Morgan fingerprint density at radius 3 is 2.40 bits per heavy atom. The lowest BCUT2D eigenvalue weighted by molar-refractivity contribution is -0.0503. The molecule has 0 bridgehead atoms. The summed E-state index contributed by atoms with van der Waals surface area (Å²) in [4.78, 5) is -0.150. The second-order valence-electron chi connectivity index (χ2n) is 2.74. The summed E-state index contributed by atoms with van der Waals surface area (Å²) < 4.78 is 49.7. The minimum atomic E-state index is -3.84. The van der Waals surface area contributed by atoms with E-state index in [-0.39, 0.29) is 16.2 Å². The van der Waals surface area contributed by atoms with Crippen molar-refractivity contribution in [1.29, 1.82) is 0 Å². The molecule has 84 valence electrons. The van der Waals surface area contributed by atoms with E-state index >= 15 is 0 Å². The summed E-state index contributed by atoms with van der Waals surface area (Å²) in [5.74, 6) is -0.0749. The Morgan fingerprint density at radius 2 is 2.00 bits per heavy atom. The SMILES string of the molecule is Cc1cc(S(=O)(=O)Cl)ccc1OC(F)F. The molecule has 0 aromatic heterocycles. The van der Waals surface area contributed by atoms with Crippen molar-refractivity contribution >= 4 is 19.7 Å². The van der Waals surface area contributed by atoms with Crippen LogP contribution in [0.1, 0.15) is 5.56 Å².